The number of hydrogen-bond donors (Lipinski definition) is 9. The van der Waals surface area contributed by atoms with E-state index in [4.69, 9.17) is 11.5 Å². The molecule has 0 aromatic heterocycles. The first-order valence-corrected chi connectivity index (χ1v) is 16.9. The van der Waals surface area contributed by atoms with Crippen molar-refractivity contribution >= 4 is 35.5 Å². The van der Waals surface area contributed by atoms with Gasteiger partial charge in [-0.3, -0.25) is 24.0 Å². The summed E-state index contributed by atoms with van der Waals surface area (Å²) in [7, 11) is 0. The molecule has 0 aliphatic carbocycles. The van der Waals surface area contributed by atoms with Crippen LogP contribution < -0.4 is 38.1 Å². The zero-order valence-corrected chi connectivity index (χ0v) is 28.6. The molecule has 0 saturated heterocycles. The number of carbonyl (C=O) groups is 6. The summed E-state index contributed by atoms with van der Waals surface area (Å²) in [5.41, 5.74) is 12.3. The smallest absolute Gasteiger partial charge is 0.326 e. The van der Waals surface area contributed by atoms with E-state index in [1.54, 1.807) is 24.3 Å². The average Bonchev–Trinajstić information content (AvgIpc) is 3.04. The molecule has 0 radical (unpaired) electrons. The molecule has 0 bridgehead atoms. The number of rotatable bonds is 15. The predicted molar refractivity (Wildman–Crippen MR) is 183 cm³/mol. The van der Waals surface area contributed by atoms with Gasteiger partial charge in [-0.15, -0.1) is 0 Å². The Balaban J connectivity index is 2.40. The van der Waals surface area contributed by atoms with E-state index in [0.717, 1.165) is 0 Å². The van der Waals surface area contributed by atoms with E-state index in [0.29, 0.717) is 31.4 Å². The molecule has 1 aromatic rings. The summed E-state index contributed by atoms with van der Waals surface area (Å²) in [4.78, 5) is 78.9. The highest BCUT2D eigenvalue weighted by atomic mass is 16.4. The molecule has 0 unspecified atom stereocenters. The van der Waals surface area contributed by atoms with Crippen LogP contribution in [0.15, 0.2) is 36.4 Å². The van der Waals surface area contributed by atoms with E-state index < -0.39 is 71.8 Å². The summed E-state index contributed by atoms with van der Waals surface area (Å²) in [5.74, 6) is -4.49. The maximum atomic E-state index is 13.8. The van der Waals surface area contributed by atoms with Crippen molar-refractivity contribution in [2.24, 2.45) is 17.4 Å². The molecule has 6 atom stereocenters. The van der Waals surface area contributed by atoms with Crippen LogP contribution in [0.1, 0.15) is 77.7 Å². The van der Waals surface area contributed by atoms with Gasteiger partial charge in [0.25, 0.3) is 0 Å². The van der Waals surface area contributed by atoms with Crippen molar-refractivity contribution in [1.82, 2.24) is 26.6 Å². The number of hydrogen-bond acceptors (Lipinski definition) is 9. The lowest BCUT2D eigenvalue weighted by Gasteiger charge is -2.27. The Kier molecular flexibility index (Phi) is 17.2. The van der Waals surface area contributed by atoms with Crippen LogP contribution in [0.25, 0.3) is 0 Å². The van der Waals surface area contributed by atoms with E-state index in [9.17, 15) is 39.0 Å². The second-order valence-corrected chi connectivity index (χ2v) is 12.8. The molecule has 49 heavy (non-hydrogen) atoms. The quantitative estimate of drug-likeness (QED) is 0.0887. The van der Waals surface area contributed by atoms with E-state index in [2.05, 4.69) is 26.6 Å². The summed E-state index contributed by atoms with van der Waals surface area (Å²) in [6, 6.07) is -0.668. The minimum absolute atomic E-state index is 0.00121. The number of carbonyl (C=O) groups excluding carboxylic acids is 5. The maximum absolute atomic E-state index is 13.8. The van der Waals surface area contributed by atoms with Crippen molar-refractivity contribution in [3.05, 3.63) is 42.0 Å². The Morgan fingerprint density at radius 3 is 2.10 bits per heavy atom. The van der Waals surface area contributed by atoms with Crippen LogP contribution in [-0.2, 0) is 35.2 Å². The van der Waals surface area contributed by atoms with Gasteiger partial charge in [0.2, 0.25) is 29.5 Å². The number of nitrogens with one attached hydrogen (secondary N) is 5. The fraction of sp³-hybridized carbons (Fsp3) is 0.588. The predicted octanol–water partition coefficient (Wildman–Crippen LogP) is 0.0958. The molecular formula is C34H53N7O8. The Hall–Kier alpha value is -4.50. The number of phenols is 1. The van der Waals surface area contributed by atoms with E-state index in [1.165, 1.54) is 12.1 Å². The highest BCUT2D eigenvalue weighted by Crippen LogP contribution is 2.13. The Morgan fingerprint density at radius 2 is 1.49 bits per heavy atom. The lowest BCUT2D eigenvalue weighted by atomic mass is 10.0. The van der Waals surface area contributed by atoms with Crippen molar-refractivity contribution in [2.75, 3.05) is 6.54 Å². The van der Waals surface area contributed by atoms with Gasteiger partial charge in [-0.05, 0) is 75.1 Å². The maximum Gasteiger partial charge on any atom is 0.326 e. The van der Waals surface area contributed by atoms with Crippen LogP contribution >= 0.6 is 0 Å². The molecule has 1 aliphatic rings. The van der Waals surface area contributed by atoms with Crippen LogP contribution in [0, 0.1) is 5.92 Å². The Morgan fingerprint density at radius 1 is 0.878 bits per heavy atom. The molecule has 0 saturated carbocycles. The van der Waals surface area contributed by atoms with Crippen molar-refractivity contribution < 1.29 is 39.0 Å². The van der Waals surface area contributed by atoms with Gasteiger partial charge in [0.15, 0.2) is 0 Å². The van der Waals surface area contributed by atoms with Crippen molar-refractivity contribution in [2.45, 2.75) is 115 Å². The third kappa shape index (κ3) is 14.3. The molecule has 15 heteroatoms. The van der Waals surface area contributed by atoms with Gasteiger partial charge in [0.05, 0.1) is 6.04 Å². The number of nitrogens with two attached hydrogens (primary N) is 2. The molecule has 1 aromatic carbocycles. The Bertz CT molecular complexity index is 1300. The van der Waals surface area contributed by atoms with Crippen LogP contribution in [0.5, 0.6) is 5.75 Å². The first-order valence-electron chi connectivity index (χ1n) is 16.9. The summed E-state index contributed by atoms with van der Waals surface area (Å²) in [6.07, 6.45) is 5.56. The second kappa shape index (κ2) is 20.8. The van der Waals surface area contributed by atoms with Crippen LogP contribution in [-0.4, -0.2) is 88.5 Å². The lowest BCUT2D eigenvalue weighted by Crippen LogP contribution is -2.59. The molecule has 1 heterocycles. The van der Waals surface area contributed by atoms with Crippen molar-refractivity contribution in [3.63, 3.8) is 0 Å². The molecule has 5 amide bonds. The van der Waals surface area contributed by atoms with Crippen molar-refractivity contribution in [3.8, 4) is 5.75 Å². The van der Waals surface area contributed by atoms with E-state index >= 15 is 0 Å². The highest BCUT2D eigenvalue weighted by molar-refractivity contribution is 5.96. The molecule has 0 spiro atoms. The standard InChI is InChI=1S/C34H53N7O8/c1-4-9-24-30(44)39-26(11-6-5-10-23(36)29(43)37-25(31(45)38-24)12-7-8-17-35)32(46)40-27(19-21-13-15-22(42)16-14-21)33(47)41-28(34(48)49)18-20(2)3/h5-6,13-16,20,23-28,42H,4,7-12,17-19,35-36H2,1-3H3,(H,37,43)(H,38,45)(H,39,44)(H,40,46)(H,41,47)(H,48,49)/b6-5+/t23-,24-,25-,26-,27-,28-/m0/s1. The number of amides is 5. The second-order valence-electron chi connectivity index (χ2n) is 12.8. The summed E-state index contributed by atoms with van der Waals surface area (Å²) >= 11 is 0. The summed E-state index contributed by atoms with van der Waals surface area (Å²) < 4.78 is 0. The molecular weight excluding hydrogens is 634 g/mol. The third-order valence-electron chi connectivity index (χ3n) is 8.02. The number of carboxylic acids is 1. The molecule has 11 N–H and O–H groups in total. The number of aliphatic carboxylic acids is 1. The first kappa shape index (κ1) is 40.7. The minimum atomic E-state index is -1.25. The van der Waals surface area contributed by atoms with Gasteiger partial charge < -0.3 is 48.3 Å². The number of unbranched alkanes of at least 4 members (excludes halogenated alkanes) is 1. The lowest BCUT2D eigenvalue weighted by molar-refractivity contribution is -0.142. The normalized spacial score (nSPS) is 22.4. The van der Waals surface area contributed by atoms with Gasteiger partial charge in [0.1, 0.15) is 36.0 Å². The van der Waals surface area contributed by atoms with E-state index in [-0.39, 0.29) is 50.2 Å². The fourth-order valence-corrected chi connectivity index (χ4v) is 5.27. The van der Waals surface area contributed by atoms with Gasteiger partial charge in [-0.1, -0.05) is 51.5 Å². The zero-order valence-electron chi connectivity index (χ0n) is 28.6. The van der Waals surface area contributed by atoms with Gasteiger partial charge in [-0.25, -0.2) is 4.79 Å². The number of phenolic OH excluding ortho intramolecular Hbond substituents is 1. The topological polar surface area (TPSA) is 255 Å². The Labute approximate surface area is 287 Å². The summed E-state index contributed by atoms with van der Waals surface area (Å²) in [5, 5.41) is 32.7. The highest BCUT2D eigenvalue weighted by Gasteiger charge is 2.33. The molecule has 2 rings (SSSR count). The molecule has 272 valence electrons. The molecule has 0 fully saturated rings. The third-order valence-corrected chi connectivity index (χ3v) is 8.02. The van der Waals surface area contributed by atoms with Crippen molar-refractivity contribution in [1.29, 1.82) is 0 Å². The monoisotopic (exact) mass is 687 g/mol. The fourth-order valence-electron chi connectivity index (χ4n) is 5.27. The molecule has 1 aliphatic heterocycles. The van der Waals surface area contributed by atoms with Gasteiger partial charge in [-0.2, -0.15) is 0 Å². The van der Waals surface area contributed by atoms with Gasteiger partial charge in [0, 0.05) is 6.42 Å². The van der Waals surface area contributed by atoms with Crippen LogP contribution in [0.3, 0.4) is 0 Å². The minimum Gasteiger partial charge on any atom is -0.508 e. The van der Waals surface area contributed by atoms with E-state index in [1.807, 2.05) is 20.8 Å². The first-order chi connectivity index (χ1) is 23.2. The van der Waals surface area contributed by atoms with Crippen LogP contribution in [0.4, 0.5) is 0 Å². The number of carboxylic acid groups (broad SMARTS) is 1. The number of benzene rings is 1. The summed E-state index contributed by atoms with van der Waals surface area (Å²) in [6.45, 7) is 5.87. The largest absolute Gasteiger partial charge is 0.508 e. The molecule has 15 nitrogen and oxygen atoms in total. The van der Waals surface area contributed by atoms with Gasteiger partial charge >= 0.3 is 5.97 Å². The SMILES string of the molecule is CCC[C@@H]1NC(=O)[C@H](CCCCN)NC(=O)[C@@H](N)C/C=C/C[C@@H](C(=O)N[C@@H](Cc2ccc(O)cc2)C(=O)N[C@@H](CC(C)C)C(=O)O)NC1=O. The zero-order chi connectivity index (χ0) is 36.5. The van der Waals surface area contributed by atoms with Crippen LogP contribution in [0.2, 0.25) is 0 Å². The average molecular weight is 688 g/mol. The number of aromatic hydroxyl groups is 1.